The van der Waals surface area contributed by atoms with Crippen LogP contribution in [-0.2, 0) is 4.79 Å². The summed E-state index contributed by atoms with van der Waals surface area (Å²) in [5.74, 6) is 0.709. The molecule has 0 aromatic heterocycles. The Labute approximate surface area is 167 Å². The van der Waals surface area contributed by atoms with Gasteiger partial charge in [-0.05, 0) is 23.8 Å². The molecule has 0 atom stereocenters. The Morgan fingerprint density at radius 3 is 2.74 bits per heavy atom. The number of halogens is 1. The van der Waals surface area contributed by atoms with Gasteiger partial charge in [0.1, 0.15) is 0 Å². The molecule has 0 aliphatic carbocycles. The van der Waals surface area contributed by atoms with E-state index in [-0.39, 0.29) is 22.7 Å². The Bertz CT molecular complexity index is 1040. The molecule has 2 heterocycles. The zero-order valence-corrected chi connectivity index (χ0v) is 15.8. The molecular formula is C17H9ClN2O5S2. The lowest BCUT2D eigenvalue weighted by Gasteiger charge is -2.14. The van der Waals surface area contributed by atoms with Crippen LogP contribution < -0.4 is 14.4 Å². The highest BCUT2D eigenvalue weighted by Crippen LogP contribution is 2.41. The molecule has 1 amide bonds. The van der Waals surface area contributed by atoms with Crippen molar-refractivity contribution in [3.63, 3.8) is 0 Å². The Kier molecular flexibility index (Phi) is 4.50. The third-order valence-corrected chi connectivity index (χ3v) is 5.50. The third-order valence-electron chi connectivity index (χ3n) is 3.87. The monoisotopic (exact) mass is 420 g/mol. The molecule has 2 aliphatic rings. The number of carbonyl (C=O) groups is 1. The molecule has 0 saturated carbocycles. The van der Waals surface area contributed by atoms with E-state index in [1.54, 1.807) is 24.3 Å². The quantitative estimate of drug-likeness (QED) is 0.315. The number of hydrogen-bond donors (Lipinski definition) is 0. The second-order valence-electron chi connectivity index (χ2n) is 5.52. The van der Waals surface area contributed by atoms with Gasteiger partial charge >= 0.3 is 0 Å². The number of nitro groups is 1. The van der Waals surface area contributed by atoms with Crippen LogP contribution in [0.15, 0.2) is 41.3 Å². The first-order chi connectivity index (χ1) is 12.9. The van der Waals surface area contributed by atoms with E-state index < -0.39 is 4.92 Å². The largest absolute Gasteiger partial charge is 0.454 e. The minimum Gasteiger partial charge on any atom is -0.454 e. The highest BCUT2D eigenvalue weighted by atomic mass is 35.5. The van der Waals surface area contributed by atoms with Crippen LogP contribution in [-0.4, -0.2) is 21.9 Å². The van der Waals surface area contributed by atoms with Crippen LogP contribution in [0.2, 0.25) is 5.02 Å². The summed E-state index contributed by atoms with van der Waals surface area (Å²) in [7, 11) is 0. The lowest BCUT2D eigenvalue weighted by atomic mass is 10.1. The molecule has 2 aliphatic heterocycles. The van der Waals surface area contributed by atoms with E-state index in [4.69, 9.17) is 33.3 Å². The predicted molar refractivity (Wildman–Crippen MR) is 106 cm³/mol. The first-order valence-corrected chi connectivity index (χ1v) is 9.16. The second kappa shape index (κ2) is 6.84. The molecule has 4 rings (SSSR count). The predicted octanol–water partition coefficient (Wildman–Crippen LogP) is 4.38. The Hall–Kier alpha value is -2.62. The Morgan fingerprint density at radius 1 is 1.26 bits per heavy atom. The number of hydrogen-bond acceptors (Lipinski definition) is 7. The van der Waals surface area contributed by atoms with Crippen LogP contribution in [0.25, 0.3) is 6.08 Å². The first kappa shape index (κ1) is 17.8. The number of carbonyl (C=O) groups excluding carboxylic acids is 1. The standard InChI is InChI=1S/C17H9ClN2O5S2/c18-12-7-14-13(24-8-25-14)4-9(12)5-15-16(21)19(17(26)27-15)10-2-1-3-11(6-10)20(22)23/h1-7H,8H2. The number of fused-ring (bicyclic) bond motifs is 1. The molecule has 1 fully saturated rings. The lowest BCUT2D eigenvalue weighted by molar-refractivity contribution is -0.384. The smallest absolute Gasteiger partial charge is 0.271 e. The van der Waals surface area contributed by atoms with Crippen molar-refractivity contribution in [3.8, 4) is 11.5 Å². The fourth-order valence-corrected chi connectivity index (χ4v) is 4.12. The summed E-state index contributed by atoms with van der Waals surface area (Å²) in [5.41, 5.74) is 0.802. The van der Waals surface area contributed by atoms with Crippen molar-refractivity contribution >= 4 is 63.3 Å². The normalized spacial score (nSPS) is 17.1. The fraction of sp³-hybridized carbons (Fsp3) is 0.0588. The number of anilines is 1. The van der Waals surface area contributed by atoms with Crippen molar-refractivity contribution in [2.75, 3.05) is 11.7 Å². The number of amides is 1. The van der Waals surface area contributed by atoms with Crippen LogP contribution in [0.5, 0.6) is 11.5 Å². The number of rotatable bonds is 3. The van der Waals surface area contributed by atoms with E-state index in [0.717, 1.165) is 11.8 Å². The van der Waals surface area contributed by atoms with Crippen molar-refractivity contribution in [3.05, 3.63) is 62.0 Å². The van der Waals surface area contributed by atoms with Gasteiger partial charge in [-0.25, -0.2) is 0 Å². The maximum atomic E-state index is 12.8. The molecule has 2 aromatic rings. The molecule has 2 aromatic carbocycles. The third kappa shape index (κ3) is 3.25. The molecule has 1 saturated heterocycles. The second-order valence-corrected chi connectivity index (χ2v) is 7.60. The Morgan fingerprint density at radius 2 is 2.00 bits per heavy atom. The molecule has 0 unspecified atom stereocenters. The maximum absolute atomic E-state index is 12.8. The summed E-state index contributed by atoms with van der Waals surface area (Å²) in [5, 5.41) is 11.4. The first-order valence-electron chi connectivity index (χ1n) is 7.55. The van der Waals surface area contributed by atoms with E-state index in [0.29, 0.717) is 32.7 Å². The molecule has 136 valence electrons. The van der Waals surface area contributed by atoms with Gasteiger partial charge < -0.3 is 9.47 Å². The summed E-state index contributed by atoms with van der Waals surface area (Å²) >= 11 is 12.6. The summed E-state index contributed by atoms with van der Waals surface area (Å²) in [6.07, 6.45) is 1.61. The van der Waals surface area contributed by atoms with Crippen LogP contribution in [0.3, 0.4) is 0 Å². The minimum absolute atomic E-state index is 0.115. The summed E-state index contributed by atoms with van der Waals surface area (Å²) < 4.78 is 10.9. The van der Waals surface area contributed by atoms with Gasteiger partial charge in [0.15, 0.2) is 15.8 Å². The molecular weight excluding hydrogens is 412 g/mol. The fourth-order valence-electron chi connectivity index (χ4n) is 2.62. The average molecular weight is 421 g/mol. The molecule has 7 nitrogen and oxygen atoms in total. The topological polar surface area (TPSA) is 81.9 Å². The minimum atomic E-state index is -0.524. The number of thiocarbonyl (C=S) groups is 1. The van der Waals surface area contributed by atoms with Crippen LogP contribution in [0.1, 0.15) is 5.56 Å². The molecule has 10 heteroatoms. The molecule has 0 bridgehead atoms. The van der Waals surface area contributed by atoms with Gasteiger partial charge in [-0.3, -0.25) is 19.8 Å². The van der Waals surface area contributed by atoms with E-state index in [2.05, 4.69) is 0 Å². The number of nitro benzene ring substituents is 1. The van der Waals surface area contributed by atoms with Gasteiger partial charge in [0.25, 0.3) is 11.6 Å². The number of non-ortho nitro benzene ring substituents is 1. The molecule has 0 N–H and O–H groups in total. The summed E-state index contributed by atoms with van der Waals surface area (Å²) in [6.45, 7) is 0.115. The van der Waals surface area contributed by atoms with Crippen LogP contribution >= 0.6 is 35.6 Å². The highest BCUT2D eigenvalue weighted by molar-refractivity contribution is 8.27. The van der Waals surface area contributed by atoms with Gasteiger partial charge in [0, 0.05) is 18.2 Å². The number of ether oxygens (including phenoxy) is 2. The number of benzene rings is 2. The summed E-state index contributed by atoms with van der Waals surface area (Å²) in [4.78, 5) is 24.9. The van der Waals surface area contributed by atoms with Gasteiger partial charge in [0.05, 0.1) is 20.5 Å². The zero-order valence-electron chi connectivity index (χ0n) is 13.4. The van der Waals surface area contributed by atoms with Gasteiger partial charge in [-0.1, -0.05) is 41.6 Å². The number of nitrogens with zero attached hydrogens (tertiary/aromatic N) is 2. The van der Waals surface area contributed by atoms with Crippen molar-refractivity contribution in [2.24, 2.45) is 0 Å². The van der Waals surface area contributed by atoms with E-state index >= 15 is 0 Å². The molecule has 0 radical (unpaired) electrons. The molecule has 27 heavy (non-hydrogen) atoms. The summed E-state index contributed by atoms with van der Waals surface area (Å²) in [6, 6.07) is 9.06. The Balaban J connectivity index is 1.68. The SMILES string of the molecule is O=C1C(=Cc2cc3c(cc2Cl)OCO3)SC(=S)N1c1cccc([N+](=O)[O-])c1. The van der Waals surface area contributed by atoms with Crippen molar-refractivity contribution in [1.82, 2.24) is 0 Å². The van der Waals surface area contributed by atoms with E-state index in [1.165, 1.54) is 23.1 Å². The zero-order chi connectivity index (χ0) is 19.1. The lowest BCUT2D eigenvalue weighted by Crippen LogP contribution is -2.27. The van der Waals surface area contributed by atoms with E-state index in [9.17, 15) is 14.9 Å². The number of thioether (sulfide) groups is 1. The van der Waals surface area contributed by atoms with Crippen molar-refractivity contribution in [2.45, 2.75) is 0 Å². The van der Waals surface area contributed by atoms with E-state index in [1.807, 2.05) is 0 Å². The maximum Gasteiger partial charge on any atom is 0.271 e. The van der Waals surface area contributed by atoms with Gasteiger partial charge in [-0.15, -0.1) is 0 Å². The molecule has 0 spiro atoms. The van der Waals surface area contributed by atoms with Crippen LogP contribution in [0, 0.1) is 10.1 Å². The van der Waals surface area contributed by atoms with Gasteiger partial charge in [-0.2, -0.15) is 0 Å². The van der Waals surface area contributed by atoms with Crippen molar-refractivity contribution in [1.29, 1.82) is 0 Å². The highest BCUT2D eigenvalue weighted by Gasteiger charge is 2.34. The average Bonchev–Trinajstić information content (AvgIpc) is 3.19. The van der Waals surface area contributed by atoms with Crippen LogP contribution in [0.4, 0.5) is 11.4 Å². The van der Waals surface area contributed by atoms with Gasteiger partial charge in [0.2, 0.25) is 6.79 Å². The van der Waals surface area contributed by atoms with Crippen molar-refractivity contribution < 1.29 is 19.2 Å².